The number of hydrogen-bond acceptors (Lipinski definition) is 9. The second-order valence-electron chi connectivity index (χ2n) is 12.6. The van der Waals surface area contributed by atoms with E-state index in [0.29, 0.717) is 51.1 Å². The Balaban J connectivity index is 0.000000318. The first-order valence-electron chi connectivity index (χ1n) is 18.6. The Labute approximate surface area is 321 Å². The summed E-state index contributed by atoms with van der Waals surface area (Å²) in [4.78, 5) is 46.6. The van der Waals surface area contributed by atoms with E-state index < -0.39 is 0 Å². The SMILES string of the molecule is CCOC(=O)CCCCCc1ccc(OC)cc1.CCOC(=O)CCCN(Cc1ccc(OC)cc1)c1cc(C)ccc1C=O.Cc1ccc(C=O)cc1. The van der Waals surface area contributed by atoms with Gasteiger partial charge in [-0.2, -0.15) is 0 Å². The molecule has 0 fully saturated rings. The van der Waals surface area contributed by atoms with Crippen LogP contribution in [0.15, 0.2) is 91.0 Å². The third-order valence-corrected chi connectivity index (χ3v) is 8.32. The highest BCUT2D eigenvalue weighted by Crippen LogP contribution is 2.24. The van der Waals surface area contributed by atoms with Crippen LogP contribution in [0.3, 0.4) is 0 Å². The Bertz CT molecular complexity index is 1670. The number of carbonyl (C=O) groups excluding carboxylic acids is 4. The van der Waals surface area contributed by atoms with Gasteiger partial charge in [0.1, 0.15) is 17.8 Å². The average molecular weight is 740 g/mol. The van der Waals surface area contributed by atoms with Crippen LogP contribution in [-0.4, -0.2) is 58.5 Å². The Hall–Kier alpha value is -5.44. The quantitative estimate of drug-likeness (QED) is 0.0528. The first kappa shape index (κ1) is 44.7. The number of carbonyl (C=O) groups is 4. The second kappa shape index (κ2) is 26.3. The van der Waals surface area contributed by atoms with Gasteiger partial charge in [0, 0.05) is 42.7 Å². The predicted octanol–water partition coefficient (Wildman–Crippen LogP) is 9.33. The monoisotopic (exact) mass is 739 g/mol. The van der Waals surface area contributed by atoms with E-state index in [2.05, 4.69) is 17.0 Å². The molecule has 4 aromatic carbocycles. The van der Waals surface area contributed by atoms with Gasteiger partial charge in [0.05, 0.1) is 27.4 Å². The molecule has 0 bridgehead atoms. The lowest BCUT2D eigenvalue weighted by molar-refractivity contribution is -0.144. The summed E-state index contributed by atoms with van der Waals surface area (Å²) < 4.78 is 20.2. The zero-order chi connectivity index (χ0) is 39.6. The molecule has 0 aliphatic carbocycles. The van der Waals surface area contributed by atoms with Crippen molar-refractivity contribution in [3.63, 3.8) is 0 Å². The minimum absolute atomic E-state index is 0.0815. The highest BCUT2D eigenvalue weighted by atomic mass is 16.5. The molecular weight excluding hydrogens is 682 g/mol. The molecule has 9 nitrogen and oxygen atoms in total. The molecule has 0 atom stereocenters. The highest BCUT2D eigenvalue weighted by Gasteiger charge is 2.14. The molecular formula is C45H57NO8. The molecule has 0 unspecified atom stereocenters. The molecule has 4 rings (SSSR count). The maximum Gasteiger partial charge on any atom is 0.305 e. The summed E-state index contributed by atoms with van der Waals surface area (Å²) in [5, 5.41) is 0. The van der Waals surface area contributed by atoms with Crippen molar-refractivity contribution < 1.29 is 38.1 Å². The van der Waals surface area contributed by atoms with Gasteiger partial charge in [0.25, 0.3) is 0 Å². The van der Waals surface area contributed by atoms with E-state index in [0.717, 1.165) is 72.1 Å². The van der Waals surface area contributed by atoms with E-state index in [9.17, 15) is 19.2 Å². The number of hydrogen-bond donors (Lipinski definition) is 0. The molecule has 0 spiro atoms. The summed E-state index contributed by atoms with van der Waals surface area (Å²) in [6, 6.07) is 29.2. The number of esters is 2. The number of ether oxygens (including phenoxy) is 4. The number of aldehydes is 2. The predicted molar refractivity (Wildman–Crippen MR) is 215 cm³/mol. The molecule has 54 heavy (non-hydrogen) atoms. The highest BCUT2D eigenvalue weighted by molar-refractivity contribution is 5.85. The van der Waals surface area contributed by atoms with Crippen LogP contribution in [0.2, 0.25) is 0 Å². The fourth-order valence-electron chi connectivity index (χ4n) is 5.36. The first-order chi connectivity index (χ1) is 26.1. The Morgan fingerprint density at radius 3 is 1.67 bits per heavy atom. The number of anilines is 1. The zero-order valence-corrected chi connectivity index (χ0v) is 32.8. The number of nitrogens with zero attached hydrogens (tertiary/aromatic N) is 1. The molecule has 290 valence electrons. The van der Waals surface area contributed by atoms with Gasteiger partial charge in [-0.25, -0.2) is 0 Å². The van der Waals surface area contributed by atoms with Crippen molar-refractivity contribution in [1.82, 2.24) is 0 Å². The standard InChI is InChI=1S/C22H27NO4.C15H22O3.C8H8O/c1-4-27-22(25)6-5-13-23(15-18-8-11-20(26-3)12-9-18)21-14-17(2)7-10-19(21)16-24;1-3-18-15(16)8-6-4-5-7-13-9-11-14(17-2)12-10-13;1-7-2-4-8(6-9)5-3-7/h7-12,14,16H,4-6,13,15H2,1-3H3;9-12H,3-8H2,1-2H3;2-6H,1H3. The van der Waals surface area contributed by atoms with Gasteiger partial charge < -0.3 is 23.8 Å². The van der Waals surface area contributed by atoms with E-state index in [1.807, 2.05) is 99.6 Å². The third kappa shape index (κ3) is 17.9. The van der Waals surface area contributed by atoms with Gasteiger partial charge in [-0.1, -0.05) is 66.6 Å². The van der Waals surface area contributed by atoms with Gasteiger partial charge >= 0.3 is 11.9 Å². The number of aryl methyl sites for hydroxylation is 3. The van der Waals surface area contributed by atoms with Gasteiger partial charge in [-0.05, 0) is 106 Å². The van der Waals surface area contributed by atoms with Crippen molar-refractivity contribution in [2.45, 2.75) is 79.2 Å². The van der Waals surface area contributed by atoms with Gasteiger partial charge in [-0.3, -0.25) is 19.2 Å². The van der Waals surface area contributed by atoms with E-state index >= 15 is 0 Å². The first-order valence-corrected chi connectivity index (χ1v) is 18.6. The largest absolute Gasteiger partial charge is 0.497 e. The molecule has 0 saturated heterocycles. The van der Waals surface area contributed by atoms with Crippen LogP contribution in [-0.2, 0) is 32.0 Å². The molecule has 0 radical (unpaired) electrons. The maximum atomic E-state index is 11.7. The van der Waals surface area contributed by atoms with Gasteiger partial charge in [0.15, 0.2) is 6.29 Å². The summed E-state index contributed by atoms with van der Waals surface area (Å²) >= 11 is 0. The lowest BCUT2D eigenvalue weighted by Gasteiger charge is -2.27. The summed E-state index contributed by atoms with van der Waals surface area (Å²) in [5.41, 5.74) is 6.94. The van der Waals surface area contributed by atoms with E-state index in [1.165, 1.54) is 11.1 Å². The van der Waals surface area contributed by atoms with Crippen LogP contribution >= 0.6 is 0 Å². The van der Waals surface area contributed by atoms with Crippen molar-refractivity contribution in [3.05, 3.63) is 124 Å². The molecule has 9 heteroatoms. The fraction of sp³-hybridized carbons (Fsp3) is 0.378. The molecule has 0 N–H and O–H groups in total. The molecule has 4 aromatic rings. The van der Waals surface area contributed by atoms with Crippen LogP contribution in [0.25, 0.3) is 0 Å². The lowest BCUT2D eigenvalue weighted by Crippen LogP contribution is -2.26. The topological polar surface area (TPSA) is 108 Å². The summed E-state index contributed by atoms with van der Waals surface area (Å²) in [7, 11) is 3.31. The van der Waals surface area contributed by atoms with Crippen molar-refractivity contribution >= 4 is 30.2 Å². The molecule has 0 aromatic heterocycles. The van der Waals surface area contributed by atoms with Crippen molar-refractivity contribution in [3.8, 4) is 11.5 Å². The van der Waals surface area contributed by atoms with Crippen LogP contribution in [0, 0.1) is 13.8 Å². The number of methoxy groups -OCH3 is 2. The van der Waals surface area contributed by atoms with Gasteiger partial charge in [0.2, 0.25) is 0 Å². The third-order valence-electron chi connectivity index (χ3n) is 8.32. The normalized spacial score (nSPS) is 10.0. The fourth-order valence-corrected chi connectivity index (χ4v) is 5.36. The zero-order valence-electron chi connectivity index (χ0n) is 32.8. The Morgan fingerprint density at radius 1 is 0.611 bits per heavy atom. The minimum atomic E-state index is -0.193. The summed E-state index contributed by atoms with van der Waals surface area (Å²) in [6.07, 6.45) is 7.39. The molecule has 0 heterocycles. The van der Waals surface area contributed by atoms with Crippen LogP contribution < -0.4 is 14.4 Å². The van der Waals surface area contributed by atoms with E-state index in [1.54, 1.807) is 21.1 Å². The van der Waals surface area contributed by atoms with Crippen LogP contribution in [0.5, 0.6) is 11.5 Å². The minimum Gasteiger partial charge on any atom is -0.497 e. The molecule has 0 aliphatic rings. The molecule has 0 aliphatic heterocycles. The maximum absolute atomic E-state index is 11.7. The Kier molecular flexibility index (Phi) is 21.8. The lowest BCUT2D eigenvalue weighted by atomic mass is 10.1. The summed E-state index contributed by atoms with van der Waals surface area (Å²) in [6.45, 7) is 9.79. The second-order valence-corrected chi connectivity index (χ2v) is 12.6. The smallest absolute Gasteiger partial charge is 0.305 e. The van der Waals surface area contributed by atoms with Crippen molar-refractivity contribution in [2.24, 2.45) is 0 Å². The van der Waals surface area contributed by atoms with Crippen LogP contribution in [0.4, 0.5) is 5.69 Å². The van der Waals surface area contributed by atoms with Crippen molar-refractivity contribution in [1.29, 1.82) is 0 Å². The number of rotatable bonds is 19. The van der Waals surface area contributed by atoms with Gasteiger partial charge in [-0.15, -0.1) is 0 Å². The van der Waals surface area contributed by atoms with E-state index in [4.69, 9.17) is 18.9 Å². The number of unbranched alkanes of at least 4 members (excludes halogenated alkanes) is 2. The summed E-state index contributed by atoms with van der Waals surface area (Å²) in [5.74, 6) is 1.42. The molecule has 0 saturated carbocycles. The Morgan fingerprint density at radius 2 is 1.15 bits per heavy atom. The van der Waals surface area contributed by atoms with E-state index in [-0.39, 0.29) is 11.9 Å². The molecule has 0 amide bonds. The number of benzene rings is 4. The average Bonchev–Trinajstić information content (AvgIpc) is 3.19. The van der Waals surface area contributed by atoms with Crippen molar-refractivity contribution in [2.75, 3.05) is 38.9 Å². The van der Waals surface area contributed by atoms with Crippen LogP contribution in [0.1, 0.15) is 95.3 Å².